The number of rotatable bonds is 4. The monoisotopic (exact) mass is 420 g/mol. The molecule has 2 aliphatic carbocycles. The van der Waals surface area contributed by atoms with Gasteiger partial charge in [-0.15, -0.1) is 0 Å². The minimum atomic E-state index is -0.183. The Bertz CT molecular complexity index is 1380. The predicted molar refractivity (Wildman–Crippen MR) is 110 cm³/mol. The topological polar surface area (TPSA) is 91.6 Å². The first-order valence-electron chi connectivity index (χ1n) is 9.74. The molecule has 4 aromatic rings. The van der Waals surface area contributed by atoms with E-state index in [9.17, 15) is 4.79 Å². The maximum absolute atomic E-state index is 12.7. The Labute approximate surface area is 175 Å². The molecule has 0 amide bonds. The summed E-state index contributed by atoms with van der Waals surface area (Å²) < 4.78 is 8.56. The summed E-state index contributed by atoms with van der Waals surface area (Å²) in [4.78, 5) is 25.6. The van der Waals surface area contributed by atoms with Crippen LogP contribution in [0.3, 0.4) is 0 Å². The van der Waals surface area contributed by atoms with Gasteiger partial charge in [0.2, 0.25) is 5.89 Å². The minimum Gasteiger partial charge on any atom is -0.337 e. The summed E-state index contributed by atoms with van der Waals surface area (Å²) in [5.41, 5.74) is 3.21. The largest absolute Gasteiger partial charge is 0.337 e. The molecule has 9 heteroatoms. The van der Waals surface area contributed by atoms with Crippen LogP contribution in [0.4, 0.5) is 0 Å². The Kier molecular flexibility index (Phi) is 3.73. The second-order valence-electron chi connectivity index (χ2n) is 7.92. The van der Waals surface area contributed by atoms with E-state index in [0.29, 0.717) is 34.7 Å². The number of nitrogens with zero attached hydrogens (tertiary/aromatic N) is 6. The lowest BCUT2D eigenvalue weighted by molar-refractivity contribution is 0.364. The number of allylic oxidation sites excluding steroid dienone is 2. The molecule has 150 valence electrons. The van der Waals surface area contributed by atoms with Crippen molar-refractivity contribution in [3.8, 4) is 0 Å². The number of benzene rings is 1. The lowest BCUT2D eigenvalue weighted by Gasteiger charge is -2.05. The van der Waals surface area contributed by atoms with E-state index in [4.69, 9.17) is 16.1 Å². The molecule has 8 nitrogen and oxygen atoms in total. The molecule has 1 fully saturated rings. The summed E-state index contributed by atoms with van der Waals surface area (Å²) in [7, 11) is 1.77. The molecule has 3 atom stereocenters. The lowest BCUT2D eigenvalue weighted by atomic mass is 10.0. The SMILES string of the molecule is Cn1cnc2ncn(Cc3nc(C4C5C=C(c6cccc(Cl)c6)CC54)no3)c(=O)c21. The van der Waals surface area contributed by atoms with Crippen LogP contribution in [0.25, 0.3) is 16.7 Å². The molecule has 1 aromatic carbocycles. The fraction of sp³-hybridized carbons (Fsp3) is 0.286. The van der Waals surface area contributed by atoms with Crippen LogP contribution >= 0.6 is 11.6 Å². The van der Waals surface area contributed by atoms with Crippen molar-refractivity contribution >= 4 is 28.3 Å². The van der Waals surface area contributed by atoms with Crippen molar-refractivity contribution in [1.82, 2.24) is 29.2 Å². The lowest BCUT2D eigenvalue weighted by Crippen LogP contribution is -2.22. The van der Waals surface area contributed by atoms with Gasteiger partial charge in [-0.05, 0) is 41.5 Å². The van der Waals surface area contributed by atoms with Gasteiger partial charge in [0.25, 0.3) is 5.56 Å². The molecule has 0 radical (unpaired) electrons. The van der Waals surface area contributed by atoms with Gasteiger partial charge in [-0.25, -0.2) is 9.97 Å². The number of halogens is 1. The highest BCUT2D eigenvalue weighted by atomic mass is 35.5. The van der Waals surface area contributed by atoms with Crippen molar-refractivity contribution in [3.63, 3.8) is 0 Å². The molecule has 30 heavy (non-hydrogen) atoms. The minimum absolute atomic E-state index is 0.183. The van der Waals surface area contributed by atoms with E-state index in [1.807, 2.05) is 18.2 Å². The average molecular weight is 421 g/mol. The second-order valence-corrected chi connectivity index (χ2v) is 8.36. The standard InChI is InChI=1S/C21H17ClN6O2/c1-27-9-23-20-18(27)21(29)28(10-24-20)8-16-25-19(26-30-16)17-14-6-12(7-15(14)17)11-3-2-4-13(22)5-11/h2-6,9-10,14-15,17H,7-8H2,1H3. The third kappa shape index (κ3) is 2.71. The maximum Gasteiger partial charge on any atom is 0.280 e. The Morgan fingerprint density at radius 3 is 2.93 bits per heavy atom. The number of aryl methyl sites for hydroxylation is 1. The summed E-state index contributed by atoms with van der Waals surface area (Å²) in [6.07, 6.45) is 6.33. The van der Waals surface area contributed by atoms with Crippen LogP contribution in [0.2, 0.25) is 5.02 Å². The summed E-state index contributed by atoms with van der Waals surface area (Å²) >= 11 is 6.12. The molecule has 2 aliphatic rings. The van der Waals surface area contributed by atoms with Gasteiger partial charge in [0.05, 0.1) is 6.33 Å². The van der Waals surface area contributed by atoms with Crippen molar-refractivity contribution in [2.45, 2.75) is 18.9 Å². The second kappa shape index (κ2) is 6.37. The highest BCUT2D eigenvalue weighted by Gasteiger charge is 2.55. The number of hydrogen-bond acceptors (Lipinski definition) is 6. The Hall–Kier alpha value is -3.26. The van der Waals surface area contributed by atoms with Crippen molar-refractivity contribution in [2.24, 2.45) is 18.9 Å². The average Bonchev–Trinajstić information content (AvgIpc) is 3.16. The summed E-state index contributed by atoms with van der Waals surface area (Å²) in [6, 6.07) is 7.96. The molecular weight excluding hydrogens is 404 g/mol. The molecule has 0 saturated heterocycles. The van der Waals surface area contributed by atoms with E-state index in [1.165, 1.54) is 22.0 Å². The smallest absolute Gasteiger partial charge is 0.280 e. The van der Waals surface area contributed by atoms with Crippen molar-refractivity contribution in [3.05, 3.63) is 75.7 Å². The van der Waals surface area contributed by atoms with Crippen molar-refractivity contribution in [2.75, 3.05) is 0 Å². The van der Waals surface area contributed by atoms with Gasteiger partial charge in [0.1, 0.15) is 12.9 Å². The van der Waals surface area contributed by atoms with E-state index in [-0.39, 0.29) is 18.0 Å². The van der Waals surface area contributed by atoms with Crippen LogP contribution in [0.5, 0.6) is 0 Å². The predicted octanol–water partition coefficient (Wildman–Crippen LogP) is 3.03. The van der Waals surface area contributed by atoms with Gasteiger partial charge in [0, 0.05) is 18.0 Å². The molecular formula is C21H17ClN6O2. The number of imidazole rings is 1. The summed E-state index contributed by atoms with van der Waals surface area (Å²) in [6.45, 7) is 0.186. The molecule has 0 N–H and O–H groups in total. The number of fused-ring (bicyclic) bond motifs is 2. The fourth-order valence-corrected chi connectivity index (χ4v) is 4.70. The van der Waals surface area contributed by atoms with Crippen LogP contribution in [0, 0.1) is 11.8 Å². The van der Waals surface area contributed by atoms with Gasteiger partial charge in [-0.3, -0.25) is 9.36 Å². The zero-order valence-electron chi connectivity index (χ0n) is 16.1. The molecule has 3 heterocycles. The molecule has 0 bridgehead atoms. The Balaban J connectivity index is 1.21. The third-order valence-corrected chi connectivity index (χ3v) is 6.30. The molecule has 0 aliphatic heterocycles. The van der Waals surface area contributed by atoms with Crippen molar-refractivity contribution < 1.29 is 4.52 Å². The molecule has 3 unspecified atom stereocenters. The van der Waals surface area contributed by atoms with Crippen LogP contribution in [0.1, 0.15) is 29.6 Å². The van der Waals surface area contributed by atoms with Gasteiger partial charge in [-0.1, -0.05) is 35.0 Å². The quantitative estimate of drug-likeness (QED) is 0.504. The Morgan fingerprint density at radius 1 is 1.27 bits per heavy atom. The van der Waals surface area contributed by atoms with Crippen LogP contribution in [-0.4, -0.2) is 29.2 Å². The number of aromatic nitrogens is 6. The van der Waals surface area contributed by atoms with Crippen LogP contribution in [0.15, 0.2) is 52.3 Å². The molecule has 3 aromatic heterocycles. The first kappa shape index (κ1) is 17.6. The summed E-state index contributed by atoms with van der Waals surface area (Å²) in [5, 5.41) is 4.93. The van der Waals surface area contributed by atoms with E-state index in [0.717, 1.165) is 11.4 Å². The molecule has 6 rings (SSSR count). The van der Waals surface area contributed by atoms with Gasteiger partial charge in [-0.2, -0.15) is 4.98 Å². The van der Waals surface area contributed by atoms with Crippen molar-refractivity contribution in [1.29, 1.82) is 0 Å². The van der Waals surface area contributed by atoms with E-state index in [1.54, 1.807) is 17.9 Å². The zero-order valence-corrected chi connectivity index (χ0v) is 16.8. The highest BCUT2D eigenvalue weighted by Crippen LogP contribution is 2.62. The van der Waals surface area contributed by atoms with Gasteiger partial charge in [0.15, 0.2) is 17.0 Å². The van der Waals surface area contributed by atoms with E-state index >= 15 is 0 Å². The van der Waals surface area contributed by atoms with Crippen LogP contribution in [-0.2, 0) is 13.6 Å². The first-order valence-corrected chi connectivity index (χ1v) is 10.1. The van der Waals surface area contributed by atoms with Gasteiger partial charge < -0.3 is 9.09 Å². The molecule has 0 spiro atoms. The van der Waals surface area contributed by atoms with Crippen LogP contribution < -0.4 is 5.56 Å². The normalized spacial score (nSPS) is 22.3. The highest BCUT2D eigenvalue weighted by molar-refractivity contribution is 6.30. The third-order valence-electron chi connectivity index (χ3n) is 6.06. The fourth-order valence-electron chi connectivity index (χ4n) is 4.51. The molecule has 1 saturated carbocycles. The van der Waals surface area contributed by atoms with Gasteiger partial charge >= 0.3 is 0 Å². The Morgan fingerprint density at radius 2 is 2.13 bits per heavy atom. The van der Waals surface area contributed by atoms with E-state index < -0.39 is 0 Å². The number of hydrogen-bond donors (Lipinski definition) is 0. The maximum atomic E-state index is 12.7. The summed E-state index contributed by atoms with van der Waals surface area (Å²) in [5.74, 6) is 2.32. The van der Waals surface area contributed by atoms with E-state index in [2.05, 4.69) is 32.3 Å². The first-order chi connectivity index (χ1) is 14.6. The zero-order chi connectivity index (χ0) is 20.4.